The van der Waals surface area contributed by atoms with Gasteiger partial charge in [0, 0.05) is 12.4 Å². The normalized spacial score (nSPS) is 10.5. The number of carbonyl (C=O) groups is 2. The largest absolute Gasteiger partial charge is 0.328 e. The van der Waals surface area contributed by atoms with Crippen LogP contribution in [0, 0.1) is 6.92 Å². The second-order valence-electron chi connectivity index (χ2n) is 4.80. The Morgan fingerprint density at radius 3 is 2.70 bits per heavy atom. The molecular formula is C15H13N5O3. The van der Waals surface area contributed by atoms with E-state index in [-0.39, 0.29) is 5.56 Å². The maximum Gasteiger partial charge on any atom is 0.288 e. The van der Waals surface area contributed by atoms with Crippen molar-refractivity contribution in [3.05, 3.63) is 70.0 Å². The first kappa shape index (κ1) is 14.5. The van der Waals surface area contributed by atoms with Crippen LogP contribution in [0.4, 0.5) is 0 Å². The molecule has 0 radical (unpaired) electrons. The van der Waals surface area contributed by atoms with Gasteiger partial charge < -0.3 is 4.98 Å². The average Bonchev–Trinajstić information content (AvgIpc) is 2.88. The molecule has 0 saturated carbocycles. The van der Waals surface area contributed by atoms with Gasteiger partial charge in [0.25, 0.3) is 17.4 Å². The topological polar surface area (TPSA) is 108 Å². The molecule has 3 heterocycles. The number of nitrogens with zero attached hydrogens (tertiary/aromatic N) is 2. The summed E-state index contributed by atoms with van der Waals surface area (Å²) in [5, 5.41) is 0. The number of amides is 2. The lowest BCUT2D eigenvalue weighted by Gasteiger charge is -2.07. The number of imidazole rings is 1. The number of hydrazine groups is 1. The average molecular weight is 311 g/mol. The minimum atomic E-state index is -0.702. The van der Waals surface area contributed by atoms with Gasteiger partial charge >= 0.3 is 0 Å². The maximum absolute atomic E-state index is 12.3. The van der Waals surface area contributed by atoms with Gasteiger partial charge in [-0.2, -0.15) is 0 Å². The van der Waals surface area contributed by atoms with Crippen molar-refractivity contribution in [1.29, 1.82) is 0 Å². The molecule has 116 valence electrons. The third-order valence-corrected chi connectivity index (χ3v) is 3.27. The second-order valence-corrected chi connectivity index (χ2v) is 4.80. The van der Waals surface area contributed by atoms with Crippen LogP contribution >= 0.6 is 0 Å². The van der Waals surface area contributed by atoms with E-state index in [4.69, 9.17) is 0 Å². The van der Waals surface area contributed by atoms with Crippen molar-refractivity contribution < 1.29 is 9.59 Å². The van der Waals surface area contributed by atoms with Crippen LogP contribution in [0.25, 0.3) is 5.65 Å². The Bertz CT molecular complexity index is 957. The summed E-state index contributed by atoms with van der Waals surface area (Å²) in [4.78, 5) is 42.4. The van der Waals surface area contributed by atoms with Crippen molar-refractivity contribution in [3.8, 4) is 0 Å². The number of pyridine rings is 2. The number of hydrogen-bond acceptors (Lipinski definition) is 4. The first-order valence-corrected chi connectivity index (χ1v) is 6.80. The summed E-state index contributed by atoms with van der Waals surface area (Å²) >= 11 is 0. The lowest BCUT2D eigenvalue weighted by Crippen LogP contribution is -2.43. The highest BCUT2D eigenvalue weighted by Crippen LogP contribution is 2.11. The molecule has 2 amide bonds. The monoisotopic (exact) mass is 311 g/mol. The summed E-state index contributed by atoms with van der Waals surface area (Å²) in [7, 11) is 0. The van der Waals surface area contributed by atoms with E-state index in [9.17, 15) is 14.4 Å². The molecular weight excluding hydrogens is 298 g/mol. The summed E-state index contributed by atoms with van der Waals surface area (Å²) in [5.74, 6) is -1.23. The molecule has 0 saturated heterocycles. The van der Waals surface area contributed by atoms with Crippen molar-refractivity contribution in [2.45, 2.75) is 6.92 Å². The lowest BCUT2D eigenvalue weighted by molar-refractivity contribution is 0.0842. The minimum Gasteiger partial charge on any atom is -0.328 e. The number of carbonyl (C=O) groups excluding carboxylic acids is 2. The standard InChI is InChI=1S/C15H13N5O3/c1-9-12(20-8-3-2-6-11(20)17-9)15(23)19-18-14(22)10-5-4-7-16-13(10)21/h2-8H,1H3,(H,16,21)(H,18,22)(H,19,23). The Hall–Kier alpha value is -3.42. The van der Waals surface area contributed by atoms with Crippen LogP contribution in [0.1, 0.15) is 26.5 Å². The quantitative estimate of drug-likeness (QED) is 0.595. The lowest BCUT2D eigenvalue weighted by atomic mass is 10.3. The van der Waals surface area contributed by atoms with Gasteiger partial charge in [0.1, 0.15) is 16.9 Å². The van der Waals surface area contributed by atoms with Gasteiger partial charge in [-0.1, -0.05) is 6.07 Å². The van der Waals surface area contributed by atoms with E-state index in [1.54, 1.807) is 29.7 Å². The highest BCUT2D eigenvalue weighted by Gasteiger charge is 2.17. The fourth-order valence-electron chi connectivity index (χ4n) is 2.23. The number of aromatic nitrogens is 3. The van der Waals surface area contributed by atoms with Gasteiger partial charge in [-0.05, 0) is 31.2 Å². The Kier molecular flexibility index (Phi) is 3.63. The van der Waals surface area contributed by atoms with Crippen molar-refractivity contribution in [2.24, 2.45) is 0 Å². The molecule has 3 rings (SSSR count). The van der Waals surface area contributed by atoms with Crippen LogP contribution in [0.2, 0.25) is 0 Å². The summed E-state index contributed by atoms with van der Waals surface area (Å²) < 4.78 is 1.62. The third kappa shape index (κ3) is 2.69. The number of hydrogen-bond donors (Lipinski definition) is 3. The zero-order chi connectivity index (χ0) is 16.4. The molecule has 0 atom stereocenters. The molecule has 8 heteroatoms. The second kappa shape index (κ2) is 5.76. The fraction of sp³-hybridized carbons (Fsp3) is 0.0667. The third-order valence-electron chi connectivity index (χ3n) is 3.27. The first-order chi connectivity index (χ1) is 11.1. The van der Waals surface area contributed by atoms with E-state index in [1.165, 1.54) is 18.3 Å². The van der Waals surface area contributed by atoms with Gasteiger partial charge in [-0.25, -0.2) is 4.98 Å². The Morgan fingerprint density at radius 2 is 1.91 bits per heavy atom. The van der Waals surface area contributed by atoms with Crippen LogP contribution in [-0.4, -0.2) is 26.2 Å². The smallest absolute Gasteiger partial charge is 0.288 e. The van der Waals surface area contributed by atoms with Gasteiger partial charge in [-0.15, -0.1) is 0 Å². The molecule has 0 unspecified atom stereocenters. The molecule has 0 fully saturated rings. The van der Waals surface area contributed by atoms with Crippen LogP contribution < -0.4 is 16.4 Å². The van der Waals surface area contributed by atoms with Crippen molar-refractivity contribution in [1.82, 2.24) is 25.2 Å². The Balaban J connectivity index is 1.79. The molecule has 0 aliphatic carbocycles. The number of aromatic amines is 1. The zero-order valence-electron chi connectivity index (χ0n) is 12.2. The van der Waals surface area contributed by atoms with Gasteiger partial charge in [0.05, 0.1) is 5.69 Å². The molecule has 23 heavy (non-hydrogen) atoms. The Morgan fingerprint density at radius 1 is 1.13 bits per heavy atom. The van der Waals surface area contributed by atoms with Crippen LogP contribution in [0.3, 0.4) is 0 Å². The molecule has 3 N–H and O–H groups in total. The summed E-state index contributed by atoms with van der Waals surface area (Å²) in [6.07, 6.45) is 3.12. The molecule has 0 aliphatic rings. The van der Waals surface area contributed by atoms with Crippen molar-refractivity contribution in [2.75, 3.05) is 0 Å². The van der Waals surface area contributed by atoms with E-state index < -0.39 is 17.4 Å². The zero-order valence-corrected chi connectivity index (χ0v) is 12.2. The molecule has 0 aliphatic heterocycles. The van der Waals surface area contributed by atoms with Crippen LogP contribution in [0.15, 0.2) is 47.5 Å². The minimum absolute atomic E-state index is 0.0948. The number of H-pyrrole nitrogens is 1. The van der Waals surface area contributed by atoms with E-state index >= 15 is 0 Å². The first-order valence-electron chi connectivity index (χ1n) is 6.80. The number of aryl methyl sites for hydroxylation is 1. The predicted octanol–water partition coefficient (Wildman–Crippen LogP) is 0.406. The predicted molar refractivity (Wildman–Crippen MR) is 81.9 cm³/mol. The van der Waals surface area contributed by atoms with E-state index in [2.05, 4.69) is 20.8 Å². The summed E-state index contributed by atoms with van der Waals surface area (Å²) in [5.41, 5.74) is 5.34. The molecule has 0 spiro atoms. The maximum atomic E-state index is 12.3. The molecule has 3 aromatic rings. The number of nitrogens with one attached hydrogen (secondary N) is 3. The highest BCUT2D eigenvalue weighted by molar-refractivity contribution is 5.99. The van der Waals surface area contributed by atoms with Crippen molar-refractivity contribution in [3.63, 3.8) is 0 Å². The van der Waals surface area contributed by atoms with Gasteiger partial charge in [0.15, 0.2) is 0 Å². The summed E-state index contributed by atoms with van der Waals surface area (Å²) in [6.45, 7) is 1.70. The van der Waals surface area contributed by atoms with E-state index in [0.717, 1.165) is 0 Å². The SMILES string of the molecule is Cc1nc2ccccn2c1C(=O)NNC(=O)c1ccc[nH]c1=O. The summed E-state index contributed by atoms with van der Waals surface area (Å²) in [6, 6.07) is 8.23. The molecule has 3 aromatic heterocycles. The van der Waals surface area contributed by atoms with E-state index in [1.807, 2.05) is 6.07 Å². The van der Waals surface area contributed by atoms with E-state index in [0.29, 0.717) is 17.0 Å². The van der Waals surface area contributed by atoms with Gasteiger partial charge in [0.2, 0.25) is 0 Å². The Labute approximate surface area is 130 Å². The van der Waals surface area contributed by atoms with Gasteiger partial charge in [-0.3, -0.25) is 29.6 Å². The number of fused-ring (bicyclic) bond motifs is 1. The fourth-order valence-corrected chi connectivity index (χ4v) is 2.23. The van der Waals surface area contributed by atoms with Crippen LogP contribution in [-0.2, 0) is 0 Å². The van der Waals surface area contributed by atoms with Crippen LogP contribution in [0.5, 0.6) is 0 Å². The number of rotatable bonds is 2. The highest BCUT2D eigenvalue weighted by atomic mass is 16.2. The molecule has 8 nitrogen and oxygen atoms in total. The van der Waals surface area contributed by atoms with Crippen molar-refractivity contribution >= 4 is 17.5 Å². The molecule has 0 aromatic carbocycles. The molecule has 0 bridgehead atoms.